The van der Waals surface area contributed by atoms with E-state index in [1.807, 2.05) is 10.9 Å². The van der Waals surface area contributed by atoms with Gasteiger partial charge in [0.25, 0.3) is 0 Å². The van der Waals surface area contributed by atoms with Crippen LogP contribution in [0.4, 0.5) is 0 Å². The summed E-state index contributed by atoms with van der Waals surface area (Å²) in [5.74, 6) is 1.15. The van der Waals surface area contributed by atoms with Gasteiger partial charge in [0, 0.05) is 43.4 Å². The lowest BCUT2D eigenvalue weighted by Gasteiger charge is -2.40. The molecule has 0 spiro atoms. The highest BCUT2D eigenvalue weighted by molar-refractivity contribution is 5.07. The molecule has 0 aromatic carbocycles. The lowest BCUT2D eigenvalue weighted by Crippen LogP contribution is -2.44. The number of aromatic nitrogens is 2. The van der Waals surface area contributed by atoms with Crippen molar-refractivity contribution in [2.24, 2.45) is 11.8 Å². The number of hydrogen-bond acceptors (Lipinski definition) is 3. The molecule has 1 aromatic heterocycles. The standard InChI is InChI=1S/C17H29N3O/c1-4-17(21)7-5-6-15-11-19(12-16(15)17)9-14-8-18-20(10-14)13(2)3/h8,10,13,15-16,21H,4-7,9,11-12H2,1-3H3/t15-,16+,17-/m1/s1. The Morgan fingerprint density at radius 3 is 2.90 bits per heavy atom. The van der Waals surface area contributed by atoms with Gasteiger partial charge in [0.2, 0.25) is 0 Å². The highest BCUT2D eigenvalue weighted by Crippen LogP contribution is 2.44. The van der Waals surface area contributed by atoms with Crippen molar-refractivity contribution >= 4 is 0 Å². The largest absolute Gasteiger partial charge is 0.390 e. The Morgan fingerprint density at radius 1 is 1.43 bits per heavy atom. The second kappa shape index (κ2) is 5.73. The maximum Gasteiger partial charge on any atom is 0.0688 e. The summed E-state index contributed by atoms with van der Waals surface area (Å²) < 4.78 is 2.03. The van der Waals surface area contributed by atoms with Crippen LogP contribution in [0.2, 0.25) is 0 Å². The van der Waals surface area contributed by atoms with Crippen molar-refractivity contribution < 1.29 is 5.11 Å². The number of hydrogen-bond donors (Lipinski definition) is 1. The molecule has 0 radical (unpaired) electrons. The molecule has 3 rings (SSSR count). The van der Waals surface area contributed by atoms with Gasteiger partial charge in [0.1, 0.15) is 0 Å². The van der Waals surface area contributed by atoms with Crippen molar-refractivity contribution in [2.45, 2.75) is 64.6 Å². The highest BCUT2D eigenvalue weighted by Gasteiger charge is 2.47. The van der Waals surface area contributed by atoms with Crippen LogP contribution in [0.15, 0.2) is 12.4 Å². The third kappa shape index (κ3) is 2.88. The van der Waals surface area contributed by atoms with Gasteiger partial charge in [-0.1, -0.05) is 13.3 Å². The Morgan fingerprint density at radius 2 is 2.24 bits per heavy atom. The summed E-state index contributed by atoms with van der Waals surface area (Å²) in [5.41, 5.74) is 0.877. The van der Waals surface area contributed by atoms with E-state index in [9.17, 15) is 5.11 Å². The zero-order valence-corrected chi connectivity index (χ0v) is 13.6. The molecule has 1 aromatic rings. The van der Waals surface area contributed by atoms with E-state index >= 15 is 0 Å². The first-order valence-corrected chi connectivity index (χ1v) is 8.49. The first-order chi connectivity index (χ1) is 10.0. The SMILES string of the molecule is CC[C@@]1(O)CCC[C@@H]2CN(Cc3cnn(C(C)C)c3)C[C@@H]21. The monoisotopic (exact) mass is 291 g/mol. The normalized spacial score (nSPS) is 33.6. The maximum atomic E-state index is 10.9. The van der Waals surface area contributed by atoms with E-state index in [0.717, 1.165) is 32.5 Å². The number of nitrogens with zero attached hydrogens (tertiary/aromatic N) is 3. The summed E-state index contributed by atoms with van der Waals surface area (Å²) in [5, 5.41) is 15.3. The van der Waals surface area contributed by atoms with Crippen LogP contribution in [0.25, 0.3) is 0 Å². The summed E-state index contributed by atoms with van der Waals surface area (Å²) in [6, 6.07) is 0.421. The minimum atomic E-state index is -0.417. The van der Waals surface area contributed by atoms with Crippen LogP contribution in [0.1, 0.15) is 58.1 Å². The van der Waals surface area contributed by atoms with E-state index in [2.05, 4.69) is 37.0 Å². The van der Waals surface area contributed by atoms with E-state index in [1.165, 1.54) is 18.4 Å². The molecule has 1 N–H and O–H groups in total. The average molecular weight is 291 g/mol. The van der Waals surface area contributed by atoms with E-state index < -0.39 is 5.60 Å². The Labute approximate surface area is 128 Å². The van der Waals surface area contributed by atoms with Crippen LogP contribution < -0.4 is 0 Å². The fourth-order valence-corrected chi connectivity index (χ4v) is 4.29. The molecule has 21 heavy (non-hydrogen) atoms. The predicted octanol–water partition coefficient (Wildman–Crippen LogP) is 2.84. The van der Waals surface area contributed by atoms with Crippen LogP contribution in [0.5, 0.6) is 0 Å². The second-order valence-corrected chi connectivity index (χ2v) is 7.33. The molecule has 1 saturated carbocycles. The molecule has 4 heteroatoms. The predicted molar refractivity (Wildman–Crippen MR) is 84.0 cm³/mol. The van der Waals surface area contributed by atoms with Gasteiger partial charge in [-0.2, -0.15) is 5.10 Å². The molecule has 2 heterocycles. The first kappa shape index (κ1) is 15.0. The molecule has 118 valence electrons. The van der Waals surface area contributed by atoms with E-state index in [1.54, 1.807) is 0 Å². The minimum Gasteiger partial charge on any atom is -0.390 e. The smallest absolute Gasteiger partial charge is 0.0688 e. The summed E-state index contributed by atoms with van der Waals surface area (Å²) in [4.78, 5) is 2.52. The lowest BCUT2D eigenvalue weighted by molar-refractivity contribution is -0.0613. The summed E-state index contributed by atoms with van der Waals surface area (Å²) in [7, 11) is 0. The van der Waals surface area contributed by atoms with E-state index in [4.69, 9.17) is 0 Å². The molecular formula is C17H29N3O. The molecule has 1 aliphatic carbocycles. The van der Waals surface area contributed by atoms with Crippen molar-refractivity contribution in [3.8, 4) is 0 Å². The quantitative estimate of drug-likeness (QED) is 0.927. The molecule has 0 amide bonds. The molecule has 4 nitrogen and oxygen atoms in total. The molecule has 1 aliphatic heterocycles. The van der Waals surface area contributed by atoms with Crippen LogP contribution >= 0.6 is 0 Å². The topological polar surface area (TPSA) is 41.3 Å². The molecule has 1 saturated heterocycles. The van der Waals surface area contributed by atoms with Gasteiger partial charge in [0.15, 0.2) is 0 Å². The molecule has 0 unspecified atom stereocenters. The van der Waals surface area contributed by atoms with Crippen LogP contribution in [0, 0.1) is 11.8 Å². The molecule has 2 aliphatic rings. The number of fused-ring (bicyclic) bond motifs is 1. The Hall–Kier alpha value is -0.870. The summed E-state index contributed by atoms with van der Waals surface area (Å²) >= 11 is 0. The zero-order valence-electron chi connectivity index (χ0n) is 13.6. The fraction of sp³-hybridized carbons (Fsp3) is 0.824. The molecule has 0 bridgehead atoms. The minimum absolute atomic E-state index is 0.417. The van der Waals surface area contributed by atoms with E-state index in [0.29, 0.717) is 17.9 Å². The fourth-order valence-electron chi connectivity index (χ4n) is 4.29. The van der Waals surface area contributed by atoms with Crippen LogP contribution in [-0.2, 0) is 6.54 Å². The van der Waals surface area contributed by atoms with Crippen molar-refractivity contribution in [3.63, 3.8) is 0 Å². The third-order valence-corrected chi connectivity index (χ3v) is 5.59. The summed E-state index contributed by atoms with van der Waals surface area (Å²) in [6.45, 7) is 9.60. The Kier molecular flexibility index (Phi) is 4.10. The van der Waals surface area contributed by atoms with Crippen LogP contribution in [-0.4, -0.2) is 38.5 Å². The number of aliphatic hydroxyl groups is 1. The lowest BCUT2D eigenvalue weighted by atomic mass is 9.69. The van der Waals surface area contributed by atoms with Gasteiger partial charge in [-0.05, 0) is 39.0 Å². The molecule has 3 atom stereocenters. The number of likely N-dealkylation sites (tertiary alicyclic amines) is 1. The Balaban J connectivity index is 1.66. The van der Waals surface area contributed by atoms with Gasteiger partial charge in [-0.25, -0.2) is 0 Å². The van der Waals surface area contributed by atoms with Crippen molar-refractivity contribution in [1.82, 2.24) is 14.7 Å². The maximum absolute atomic E-state index is 10.9. The highest BCUT2D eigenvalue weighted by atomic mass is 16.3. The van der Waals surface area contributed by atoms with Gasteiger partial charge in [-0.3, -0.25) is 9.58 Å². The second-order valence-electron chi connectivity index (χ2n) is 7.33. The van der Waals surface area contributed by atoms with Gasteiger partial charge in [-0.15, -0.1) is 0 Å². The van der Waals surface area contributed by atoms with Crippen LogP contribution in [0.3, 0.4) is 0 Å². The van der Waals surface area contributed by atoms with Crippen molar-refractivity contribution in [2.75, 3.05) is 13.1 Å². The van der Waals surface area contributed by atoms with Crippen molar-refractivity contribution in [3.05, 3.63) is 18.0 Å². The number of rotatable bonds is 4. The Bertz CT molecular complexity index is 484. The van der Waals surface area contributed by atoms with Gasteiger partial charge >= 0.3 is 0 Å². The van der Waals surface area contributed by atoms with Crippen molar-refractivity contribution in [1.29, 1.82) is 0 Å². The zero-order chi connectivity index (χ0) is 15.0. The first-order valence-electron chi connectivity index (χ1n) is 8.49. The van der Waals surface area contributed by atoms with Gasteiger partial charge < -0.3 is 5.11 Å². The third-order valence-electron chi connectivity index (χ3n) is 5.59. The molecule has 2 fully saturated rings. The summed E-state index contributed by atoms with van der Waals surface area (Å²) in [6.07, 6.45) is 8.52. The van der Waals surface area contributed by atoms with Gasteiger partial charge in [0.05, 0.1) is 11.8 Å². The van der Waals surface area contributed by atoms with E-state index in [-0.39, 0.29) is 0 Å². The average Bonchev–Trinajstić information content (AvgIpc) is 3.07. The molecular weight excluding hydrogens is 262 g/mol.